The first-order chi connectivity index (χ1) is 14.0. The molecule has 29 heavy (non-hydrogen) atoms. The topological polar surface area (TPSA) is 99.8 Å². The molecule has 1 aromatic heterocycles. The molecule has 158 valence electrons. The predicted octanol–water partition coefficient (Wildman–Crippen LogP) is 1.86. The van der Waals surface area contributed by atoms with E-state index >= 15 is 0 Å². The molecule has 9 heteroatoms. The van der Waals surface area contributed by atoms with Crippen molar-refractivity contribution in [1.82, 2.24) is 15.8 Å². The predicted molar refractivity (Wildman–Crippen MR) is 115 cm³/mol. The van der Waals surface area contributed by atoms with Crippen LogP contribution < -0.4 is 14.9 Å². The van der Waals surface area contributed by atoms with Gasteiger partial charge in [-0.3, -0.25) is 9.30 Å². The van der Waals surface area contributed by atoms with Crippen molar-refractivity contribution in [2.24, 2.45) is 4.99 Å². The molecule has 0 saturated heterocycles. The van der Waals surface area contributed by atoms with Gasteiger partial charge in [-0.25, -0.2) is 8.42 Å². The molecule has 3 rings (SSSR count). The highest BCUT2D eigenvalue weighted by Gasteiger charge is 2.28. The van der Waals surface area contributed by atoms with Gasteiger partial charge in [0.25, 0.3) is 0 Å². The molecule has 0 amide bonds. The minimum absolute atomic E-state index is 0.00425. The van der Waals surface area contributed by atoms with E-state index in [9.17, 15) is 8.42 Å². The highest BCUT2D eigenvalue weighted by atomic mass is 32.2. The normalized spacial score (nSPS) is 14.2. The van der Waals surface area contributed by atoms with E-state index in [1.807, 2.05) is 38.1 Å². The molecule has 0 radical (unpaired) electrons. The summed E-state index contributed by atoms with van der Waals surface area (Å²) in [4.78, 5) is 4.19. The summed E-state index contributed by atoms with van der Waals surface area (Å²) in [6.45, 7) is 5.36. The first-order valence-electron chi connectivity index (χ1n) is 9.99. The van der Waals surface area contributed by atoms with E-state index in [0.717, 1.165) is 47.5 Å². The molecule has 1 aliphatic rings. The number of nitrogens with one attached hydrogen (secondary N) is 2. The van der Waals surface area contributed by atoms with Gasteiger partial charge in [0.2, 0.25) is 10.0 Å². The van der Waals surface area contributed by atoms with E-state index in [0.29, 0.717) is 19.0 Å². The number of anilines is 1. The first-order valence-corrected chi connectivity index (χ1v) is 11.6. The third-order valence-corrected chi connectivity index (χ3v) is 6.87. The van der Waals surface area contributed by atoms with Crippen molar-refractivity contribution < 1.29 is 12.9 Å². The van der Waals surface area contributed by atoms with E-state index in [-0.39, 0.29) is 12.3 Å². The Morgan fingerprint density at radius 3 is 2.76 bits per heavy atom. The number of hydrogen-bond donors (Lipinski definition) is 2. The zero-order valence-electron chi connectivity index (χ0n) is 17.2. The van der Waals surface area contributed by atoms with Crippen LogP contribution in [0, 0.1) is 0 Å². The molecule has 2 heterocycles. The number of aryl methyl sites for hydroxylation is 2. The Kier molecular flexibility index (Phi) is 6.79. The number of para-hydroxylation sites is 1. The number of aliphatic imine (C=N–C) groups is 1. The van der Waals surface area contributed by atoms with Crippen LogP contribution in [0.5, 0.6) is 0 Å². The van der Waals surface area contributed by atoms with Crippen LogP contribution in [-0.4, -0.2) is 45.4 Å². The Labute approximate surface area is 172 Å². The van der Waals surface area contributed by atoms with Crippen molar-refractivity contribution in [3.8, 4) is 0 Å². The lowest BCUT2D eigenvalue weighted by molar-refractivity contribution is 0.380. The summed E-state index contributed by atoms with van der Waals surface area (Å²) in [5.41, 5.74) is 3.84. The summed E-state index contributed by atoms with van der Waals surface area (Å²) in [6.07, 6.45) is 2.32. The average Bonchev–Trinajstić information content (AvgIpc) is 3.34. The van der Waals surface area contributed by atoms with Gasteiger partial charge in [-0.05, 0) is 24.5 Å². The van der Waals surface area contributed by atoms with Gasteiger partial charge in [-0.2, -0.15) is 0 Å². The van der Waals surface area contributed by atoms with Gasteiger partial charge in [-0.1, -0.05) is 37.2 Å². The Hall–Kier alpha value is -2.55. The fraction of sp³-hybridized carbons (Fsp3) is 0.500. The van der Waals surface area contributed by atoms with Gasteiger partial charge in [0.1, 0.15) is 5.76 Å². The summed E-state index contributed by atoms with van der Waals surface area (Å²) in [5.74, 6) is 1.41. The number of benzene rings is 1. The summed E-state index contributed by atoms with van der Waals surface area (Å²) < 4.78 is 32.5. The zero-order valence-corrected chi connectivity index (χ0v) is 18.1. The molecule has 8 nitrogen and oxygen atoms in total. The average molecular weight is 420 g/mol. The Morgan fingerprint density at radius 2 is 2.03 bits per heavy atom. The summed E-state index contributed by atoms with van der Waals surface area (Å²) in [6, 6.07) is 7.66. The second kappa shape index (κ2) is 9.30. The van der Waals surface area contributed by atoms with Gasteiger partial charge >= 0.3 is 0 Å². The molecular formula is C20H29N5O3S. The second-order valence-electron chi connectivity index (χ2n) is 6.86. The van der Waals surface area contributed by atoms with Gasteiger partial charge in [0.15, 0.2) is 5.96 Å². The summed E-state index contributed by atoms with van der Waals surface area (Å²) >= 11 is 0. The van der Waals surface area contributed by atoms with Crippen LogP contribution >= 0.6 is 0 Å². The molecule has 0 aliphatic carbocycles. The SMILES string of the molecule is CCc1noc(CC)c1CNC(=NC)NCCS(=O)(=O)N1CCc2ccccc21. The van der Waals surface area contributed by atoms with Crippen molar-refractivity contribution in [1.29, 1.82) is 0 Å². The van der Waals surface area contributed by atoms with Crippen LogP contribution in [0.3, 0.4) is 0 Å². The highest BCUT2D eigenvalue weighted by Crippen LogP contribution is 2.29. The molecule has 0 atom stereocenters. The van der Waals surface area contributed by atoms with Crippen molar-refractivity contribution in [2.75, 3.05) is 30.2 Å². The Balaban J connectivity index is 1.55. The summed E-state index contributed by atoms with van der Waals surface area (Å²) in [5, 5.41) is 10.4. The molecule has 2 aromatic rings. The highest BCUT2D eigenvalue weighted by molar-refractivity contribution is 7.92. The first kappa shape index (κ1) is 21.2. The van der Waals surface area contributed by atoms with Gasteiger partial charge in [-0.15, -0.1) is 0 Å². The molecule has 0 unspecified atom stereocenters. The van der Waals surface area contributed by atoms with Crippen LogP contribution in [0.25, 0.3) is 0 Å². The van der Waals surface area contributed by atoms with Crippen LogP contribution in [0.1, 0.15) is 36.4 Å². The quantitative estimate of drug-likeness (QED) is 0.500. The molecule has 0 bridgehead atoms. The van der Waals surface area contributed by atoms with E-state index < -0.39 is 10.0 Å². The molecule has 2 N–H and O–H groups in total. The van der Waals surface area contributed by atoms with E-state index in [1.165, 1.54) is 4.31 Å². The number of fused-ring (bicyclic) bond motifs is 1. The largest absolute Gasteiger partial charge is 0.361 e. The maximum atomic E-state index is 12.8. The molecule has 1 aromatic carbocycles. The third kappa shape index (κ3) is 4.72. The standard InChI is InChI=1S/C20H29N5O3S/c1-4-17-16(19(5-2)28-24-17)14-23-20(21-3)22-11-13-29(26,27)25-12-10-15-8-6-7-9-18(15)25/h6-9H,4-5,10-14H2,1-3H3,(H2,21,22,23). The van der Waals surface area contributed by atoms with Crippen molar-refractivity contribution >= 4 is 21.7 Å². The number of guanidine groups is 1. The fourth-order valence-corrected chi connectivity index (χ4v) is 4.96. The molecule has 0 saturated carbocycles. The third-order valence-electron chi connectivity index (χ3n) is 5.10. The molecule has 1 aliphatic heterocycles. The lowest BCUT2D eigenvalue weighted by atomic mass is 10.1. The lowest BCUT2D eigenvalue weighted by Crippen LogP contribution is -2.41. The van der Waals surface area contributed by atoms with Crippen LogP contribution in [0.2, 0.25) is 0 Å². The fourth-order valence-electron chi connectivity index (χ4n) is 3.54. The minimum Gasteiger partial charge on any atom is -0.361 e. The smallest absolute Gasteiger partial charge is 0.236 e. The number of aromatic nitrogens is 1. The maximum absolute atomic E-state index is 12.8. The van der Waals surface area contributed by atoms with Crippen molar-refractivity contribution in [2.45, 2.75) is 39.7 Å². The van der Waals surface area contributed by atoms with E-state index in [1.54, 1.807) is 7.05 Å². The summed E-state index contributed by atoms with van der Waals surface area (Å²) in [7, 11) is -1.73. The number of sulfonamides is 1. The van der Waals surface area contributed by atoms with Gasteiger partial charge in [0.05, 0.1) is 17.1 Å². The monoisotopic (exact) mass is 419 g/mol. The maximum Gasteiger partial charge on any atom is 0.236 e. The molecule has 0 spiro atoms. The lowest BCUT2D eigenvalue weighted by Gasteiger charge is -2.20. The van der Waals surface area contributed by atoms with Gasteiger partial charge < -0.3 is 15.2 Å². The van der Waals surface area contributed by atoms with Crippen LogP contribution in [0.4, 0.5) is 5.69 Å². The minimum atomic E-state index is -3.39. The molecule has 0 fully saturated rings. The van der Waals surface area contributed by atoms with Crippen molar-refractivity contribution in [3.05, 3.63) is 46.8 Å². The Bertz CT molecular complexity index is 947. The second-order valence-corrected chi connectivity index (χ2v) is 8.87. The zero-order chi connectivity index (χ0) is 20.9. The van der Waals surface area contributed by atoms with E-state index in [2.05, 4.69) is 20.8 Å². The van der Waals surface area contributed by atoms with Crippen LogP contribution in [-0.2, 0) is 35.8 Å². The number of nitrogens with zero attached hydrogens (tertiary/aromatic N) is 3. The molecular weight excluding hydrogens is 390 g/mol. The Morgan fingerprint density at radius 1 is 1.24 bits per heavy atom. The van der Waals surface area contributed by atoms with Gasteiger partial charge in [0, 0.05) is 38.7 Å². The number of hydrogen-bond acceptors (Lipinski definition) is 5. The number of rotatable bonds is 8. The van der Waals surface area contributed by atoms with Crippen LogP contribution in [0.15, 0.2) is 33.8 Å². The van der Waals surface area contributed by atoms with E-state index in [4.69, 9.17) is 4.52 Å². The van der Waals surface area contributed by atoms with Crippen molar-refractivity contribution in [3.63, 3.8) is 0 Å².